The molecule has 1 atom stereocenters. The molecule has 25 heavy (non-hydrogen) atoms. The lowest BCUT2D eigenvalue weighted by molar-refractivity contribution is 0.210. The van der Waals surface area contributed by atoms with Gasteiger partial charge in [-0.2, -0.15) is 0 Å². The van der Waals surface area contributed by atoms with Crippen molar-refractivity contribution < 1.29 is 9.13 Å². The Bertz CT molecular complexity index is 755. The molecule has 1 aliphatic rings. The quantitative estimate of drug-likeness (QED) is 0.881. The van der Waals surface area contributed by atoms with Crippen LogP contribution in [0.15, 0.2) is 30.3 Å². The number of hydrogen-bond donors (Lipinski definition) is 1. The summed E-state index contributed by atoms with van der Waals surface area (Å²) >= 11 is 0. The average molecular weight is 342 g/mol. The normalized spacial score (nSPS) is 17.2. The molecule has 0 saturated carbocycles. The van der Waals surface area contributed by atoms with Crippen LogP contribution in [-0.2, 0) is 13.1 Å². The SMILES string of the molecule is COc1cc(C)c2c(c1C(C)C)C(CN)N(Cc1ccc(F)cc1)C2. The summed E-state index contributed by atoms with van der Waals surface area (Å²) in [5.74, 6) is 1.11. The number of methoxy groups -OCH3 is 1. The van der Waals surface area contributed by atoms with E-state index in [0.29, 0.717) is 12.5 Å². The van der Waals surface area contributed by atoms with Gasteiger partial charge in [0, 0.05) is 31.2 Å². The van der Waals surface area contributed by atoms with Crippen molar-refractivity contribution >= 4 is 0 Å². The molecule has 2 aromatic rings. The van der Waals surface area contributed by atoms with Gasteiger partial charge >= 0.3 is 0 Å². The van der Waals surface area contributed by atoms with Gasteiger partial charge in [0.2, 0.25) is 0 Å². The van der Waals surface area contributed by atoms with E-state index in [1.54, 1.807) is 7.11 Å². The molecular weight excluding hydrogens is 315 g/mol. The third kappa shape index (κ3) is 3.29. The van der Waals surface area contributed by atoms with Crippen molar-refractivity contribution in [3.63, 3.8) is 0 Å². The van der Waals surface area contributed by atoms with E-state index >= 15 is 0 Å². The molecule has 0 fully saturated rings. The van der Waals surface area contributed by atoms with Gasteiger partial charge in [-0.3, -0.25) is 4.90 Å². The number of hydrogen-bond acceptors (Lipinski definition) is 3. The van der Waals surface area contributed by atoms with Gasteiger partial charge in [-0.1, -0.05) is 26.0 Å². The van der Waals surface area contributed by atoms with Crippen LogP contribution in [-0.4, -0.2) is 18.6 Å². The zero-order valence-corrected chi connectivity index (χ0v) is 15.5. The van der Waals surface area contributed by atoms with E-state index in [1.807, 2.05) is 12.1 Å². The Morgan fingerprint density at radius 1 is 1.28 bits per heavy atom. The maximum absolute atomic E-state index is 13.2. The van der Waals surface area contributed by atoms with Crippen LogP contribution in [0.5, 0.6) is 5.75 Å². The summed E-state index contributed by atoms with van der Waals surface area (Å²) in [4.78, 5) is 2.39. The van der Waals surface area contributed by atoms with Gasteiger partial charge in [-0.25, -0.2) is 4.39 Å². The smallest absolute Gasteiger partial charge is 0.123 e. The van der Waals surface area contributed by atoms with E-state index in [1.165, 1.54) is 34.4 Å². The fourth-order valence-electron chi connectivity index (χ4n) is 3.98. The predicted octanol–water partition coefficient (Wildman–Crippen LogP) is 4.28. The molecule has 4 heteroatoms. The first kappa shape index (κ1) is 17.9. The van der Waals surface area contributed by atoms with Gasteiger partial charge in [-0.05, 0) is 53.3 Å². The summed E-state index contributed by atoms with van der Waals surface area (Å²) in [5.41, 5.74) is 12.5. The van der Waals surface area contributed by atoms with E-state index in [4.69, 9.17) is 10.5 Å². The number of aryl methyl sites for hydroxylation is 1. The highest BCUT2D eigenvalue weighted by atomic mass is 19.1. The van der Waals surface area contributed by atoms with Crippen molar-refractivity contribution in [1.82, 2.24) is 4.90 Å². The van der Waals surface area contributed by atoms with Gasteiger partial charge in [0.15, 0.2) is 0 Å². The highest BCUT2D eigenvalue weighted by molar-refractivity contribution is 5.54. The second-order valence-corrected chi connectivity index (χ2v) is 7.14. The number of nitrogens with two attached hydrogens (primary N) is 1. The molecule has 0 aliphatic carbocycles. The van der Waals surface area contributed by atoms with Gasteiger partial charge in [0.05, 0.1) is 7.11 Å². The first-order valence-electron chi connectivity index (χ1n) is 8.85. The van der Waals surface area contributed by atoms with Gasteiger partial charge in [0.25, 0.3) is 0 Å². The second kappa shape index (κ2) is 7.14. The predicted molar refractivity (Wildman–Crippen MR) is 99.3 cm³/mol. The van der Waals surface area contributed by atoms with Crippen molar-refractivity contribution in [3.05, 3.63) is 64.0 Å². The van der Waals surface area contributed by atoms with E-state index in [2.05, 4.69) is 31.7 Å². The minimum Gasteiger partial charge on any atom is -0.496 e. The molecule has 0 aromatic heterocycles. The van der Waals surface area contributed by atoms with Crippen molar-refractivity contribution in [1.29, 1.82) is 0 Å². The van der Waals surface area contributed by atoms with Crippen LogP contribution in [0.2, 0.25) is 0 Å². The first-order valence-corrected chi connectivity index (χ1v) is 8.85. The van der Waals surface area contributed by atoms with E-state index in [-0.39, 0.29) is 11.9 Å². The molecule has 0 radical (unpaired) electrons. The molecule has 2 N–H and O–H groups in total. The molecule has 3 rings (SSSR count). The fourth-order valence-corrected chi connectivity index (χ4v) is 3.98. The van der Waals surface area contributed by atoms with Crippen LogP contribution in [0.25, 0.3) is 0 Å². The third-order valence-corrected chi connectivity index (χ3v) is 5.16. The Balaban J connectivity index is 2.01. The van der Waals surface area contributed by atoms with Gasteiger partial charge in [0.1, 0.15) is 11.6 Å². The zero-order chi connectivity index (χ0) is 18.1. The Hall–Kier alpha value is -1.91. The molecule has 0 amide bonds. The van der Waals surface area contributed by atoms with E-state index < -0.39 is 0 Å². The summed E-state index contributed by atoms with van der Waals surface area (Å²) in [5, 5.41) is 0. The lowest BCUT2D eigenvalue weighted by atomic mass is 9.88. The summed E-state index contributed by atoms with van der Waals surface area (Å²) in [6, 6.07) is 9.04. The minimum atomic E-state index is -0.202. The van der Waals surface area contributed by atoms with Crippen LogP contribution < -0.4 is 10.5 Å². The maximum atomic E-state index is 13.2. The molecule has 134 valence electrons. The molecule has 2 aromatic carbocycles. The molecule has 1 heterocycles. The Labute approximate surface area is 149 Å². The standard InChI is InChI=1S/C21H27FN2O/c1-13(2)20-19(25-4)9-14(3)17-12-24(18(10-23)21(17)20)11-15-5-7-16(22)8-6-15/h5-9,13,18H,10-12,23H2,1-4H3. The molecule has 3 nitrogen and oxygen atoms in total. The van der Waals surface area contributed by atoms with Gasteiger partial charge in [-0.15, -0.1) is 0 Å². The van der Waals surface area contributed by atoms with Crippen molar-refractivity contribution in [2.75, 3.05) is 13.7 Å². The Morgan fingerprint density at radius 2 is 1.96 bits per heavy atom. The van der Waals surface area contributed by atoms with Crippen LogP contribution in [0.3, 0.4) is 0 Å². The monoisotopic (exact) mass is 342 g/mol. The maximum Gasteiger partial charge on any atom is 0.123 e. The topological polar surface area (TPSA) is 38.5 Å². The number of nitrogens with zero attached hydrogens (tertiary/aromatic N) is 1. The number of rotatable bonds is 5. The van der Waals surface area contributed by atoms with E-state index in [0.717, 1.165) is 24.4 Å². The molecule has 1 aliphatic heterocycles. The Kier molecular flexibility index (Phi) is 5.11. The largest absolute Gasteiger partial charge is 0.496 e. The van der Waals surface area contributed by atoms with Crippen molar-refractivity contribution in [2.45, 2.75) is 45.8 Å². The molecule has 1 unspecified atom stereocenters. The van der Waals surface area contributed by atoms with Crippen LogP contribution in [0.4, 0.5) is 4.39 Å². The lowest BCUT2D eigenvalue weighted by Crippen LogP contribution is -2.28. The van der Waals surface area contributed by atoms with Crippen LogP contribution in [0.1, 0.15) is 53.6 Å². The minimum absolute atomic E-state index is 0.159. The molecule has 0 saturated heterocycles. The summed E-state index contributed by atoms with van der Waals surface area (Å²) < 4.78 is 18.9. The Morgan fingerprint density at radius 3 is 2.52 bits per heavy atom. The molecular formula is C21H27FN2O. The van der Waals surface area contributed by atoms with Crippen LogP contribution in [0, 0.1) is 12.7 Å². The summed E-state index contributed by atoms with van der Waals surface area (Å²) in [7, 11) is 1.73. The summed E-state index contributed by atoms with van der Waals surface area (Å²) in [6.45, 7) is 8.72. The summed E-state index contributed by atoms with van der Waals surface area (Å²) in [6.07, 6.45) is 0. The fraction of sp³-hybridized carbons (Fsp3) is 0.429. The first-order chi connectivity index (χ1) is 12.0. The number of halogens is 1. The molecule has 0 bridgehead atoms. The highest BCUT2D eigenvalue weighted by Crippen LogP contribution is 2.44. The lowest BCUT2D eigenvalue weighted by Gasteiger charge is -2.26. The molecule has 0 spiro atoms. The van der Waals surface area contributed by atoms with Crippen molar-refractivity contribution in [3.8, 4) is 5.75 Å². The van der Waals surface area contributed by atoms with Crippen molar-refractivity contribution in [2.24, 2.45) is 5.73 Å². The number of fused-ring (bicyclic) bond motifs is 1. The third-order valence-electron chi connectivity index (χ3n) is 5.16. The number of ether oxygens (including phenoxy) is 1. The zero-order valence-electron chi connectivity index (χ0n) is 15.5. The number of benzene rings is 2. The highest BCUT2D eigenvalue weighted by Gasteiger charge is 2.34. The van der Waals surface area contributed by atoms with Crippen LogP contribution >= 0.6 is 0 Å². The van der Waals surface area contributed by atoms with E-state index in [9.17, 15) is 4.39 Å². The second-order valence-electron chi connectivity index (χ2n) is 7.14. The van der Waals surface area contributed by atoms with Gasteiger partial charge < -0.3 is 10.5 Å². The average Bonchev–Trinajstić information content (AvgIpc) is 2.94.